The number of rotatable bonds is 3. The van der Waals surface area contributed by atoms with Crippen LogP contribution in [0.2, 0.25) is 0 Å². The van der Waals surface area contributed by atoms with Crippen molar-refractivity contribution in [2.75, 3.05) is 0 Å². The van der Waals surface area contributed by atoms with Crippen LogP contribution in [0.4, 0.5) is 0 Å². The van der Waals surface area contributed by atoms with Crippen molar-refractivity contribution >= 4 is 16.7 Å². The van der Waals surface area contributed by atoms with E-state index in [9.17, 15) is 4.79 Å². The molecule has 1 aromatic carbocycles. The van der Waals surface area contributed by atoms with Crippen LogP contribution in [0.5, 0.6) is 0 Å². The Morgan fingerprint density at radius 3 is 2.81 bits per heavy atom. The number of aromatic nitrogens is 1. The molecule has 0 spiro atoms. The summed E-state index contributed by atoms with van der Waals surface area (Å²) in [6, 6.07) is 10.1. The summed E-state index contributed by atoms with van der Waals surface area (Å²) < 4.78 is 0. The van der Waals surface area contributed by atoms with Crippen LogP contribution in [0.3, 0.4) is 0 Å². The summed E-state index contributed by atoms with van der Waals surface area (Å²) in [5.41, 5.74) is 2.74. The molecule has 2 aromatic rings. The van der Waals surface area contributed by atoms with Crippen LogP contribution >= 0.6 is 0 Å². The number of ketones is 1. The number of Topliss-reactive ketones (excluding diaryl/α,β-unsaturated/α-hetero) is 1. The number of aryl methyl sites for hydroxylation is 1. The van der Waals surface area contributed by atoms with E-state index < -0.39 is 0 Å². The monoisotopic (exact) mass is 281 g/mol. The van der Waals surface area contributed by atoms with Gasteiger partial charge in [-0.3, -0.25) is 4.79 Å². The van der Waals surface area contributed by atoms with Crippen LogP contribution in [0.25, 0.3) is 10.9 Å². The van der Waals surface area contributed by atoms with Crippen LogP contribution in [-0.2, 0) is 0 Å². The summed E-state index contributed by atoms with van der Waals surface area (Å²) in [6.07, 6.45) is 5.78. The van der Waals surface area contributed by atoms with E-state index in [0.29, 0.717) is 11.6 Å². The first kappa shape index (κ1) is 14.2. The highest BCUT2D eigenvalue weighted by Gasteiger charge is 2.31. The first-order valence-corrected chi connectivity index (χ1v) is 8.11. The lowest BCUT2D eigenvalue weighted by atomic mass is 9.75. The number of fused-ring (bicyclic) bond motifs is 1. The van der Waals surface area contributed by atoms with Crippen LogP contribution in [0.1, 0.15) is 55.1 Å². The third kappa shape index (κ3) is 2.72. The second-order valence-corrected chi connectivity index (χ2v) is 6.27. The number of hydrogen-bond donors (Lipinski definition) is 0. The van der Waals surface area contributed by atoms with Gasteiger partial charge in [-0.15, -0.1) is 0 Å². The second kappa shape index (κ2) is 5.97. The first-order chi connectivity index (χ1) is 10.2. The van der Waals surface area contributed by atoms with Crippen molar-refractivity contribution in [2.24, 2.45) is 11.8 Å². The van der Waals surface area contributed by atoms with E-state index in [2.05, 4.69) is 24.9 Å². The Bertz CT molecular complexity index is 662. The highest BCUT2D eigenvalue weighted by atomic mass is 16.1. The highest BCUT2D eigenvalue weighted by molar-refractivity contribution is 5.99. The fraction of sp³-hybridized carbons (Fsp3) is 0.474. The van der Waals surface area contributed by atoms with Gasteiger partial charge in [0, 0.05) is 11.3 Å². The topological polar surface area (TPSA) is 30.0 Å². The lowest BCUT2D eigenvalue weighted by Crippen LogP contribution is -2.27. The molecule has 21 heavy (non-hydrogen) atoms. The minimum Gasteiger partial charge on any atom is -0.292 e. The molecule has 0 radical (unpaired) electrons. The normalized spacial score (nSPS) is 22.4. The van der Waals surface area contributed by atoms with Crippen LogP contribution < -0.4 is 0 Å². The van der Waals surface area contributed by atoms with E-state index in [4.69, 9.17) is 0 Å². The second-order valence-electron chi connectivity index (χ2n) is 6.27. The summed E-state index contributed by atoms with van der Waals surface area (Å²) in [6.45, 7) is 4.27. The zero-order valence-electron chi connectivity index (χ0n) is 12.9. The van der Waals surface area contributed by atoms with Crippen LogP contribution in [0.15, 0.2) is 30.3 Å². The first-order valence-electron chi connectivity index (χ1n) is 8.11. The fourth-order valence-electron chi connectivity index (χ4n) is 3.71. The number of carbonyl (C=O) groups is 1. The smallest absolute Gasteiger partial charge is 0.184 e. The summed E-state index contributed by atoms with van der Waals surface area (Å²) in [5, 5.41) is 1.14. The van der Waals surface area contributed by atoms with Gasteiger partial charge in [0.15, 0.2) is 5.78 Å². The minimum absolute atomic E-state index is 0.178. The molecule has 0 N–H and O–H groups in total. The minimum atomic E-state index is 0.178. The molecule has 3 rings (SSSR count). The molecule has 2 unspecified atom stereocenters. The van der Waals surface area contributed by atoms with Crippen molar-refractivity contribution in [2.45, 2.75) is 46.0 Å². The maximum Gasteiger partial charge on any atom is 0.184 e. The summed E-state index contributed by atoms with van der Waals surface area (Å²) in [5.74, 6) is 0.979. The van der Waals surface area contributed by atoms with Gasteiger partial charge >= 0.3 is 0 Å². The Morgan fingerprint density at radius 2 is 2.00 bits per heavy atom. The molecule has 0 amide bonds. The predicted molar refractivity (Wildman–Crippen MR) is 86.5 cm³/mol. The Kier molecular flexibility index (Phi) is 4.05. The number of para-hydroxylation sites is 1. The number of pyridine rings is 1. The zero-order chi connectivity index (χ0) is 14.8. The molecule has 0 aliphatic heterocycles. The van der Waals surface area contributed by atoms with Gasteiger partial charge in [0.05, 0.1) is 5.52 Å². The van der Waals surface area contributed by atoms with Gasteiger partial charge in [-0.1, -0.05) is 44.4 Å². The maximum absolute atomic E-state index is 12.9. The molecule has 1 fully saturated rings. The largest absolute Gasteiger partial charge is 0.292 e. The molecule has 1 heterocycles. The average molecular weight is 281 g/mol. The maximum atomic E-state index is 12.9. The summed E-state index contributed by atoms with van der Waals surface area (Å²) in [7, 11) is 0. The quantitative estimate of drug-likeness (QED) is 0.746. The third-order valence-electron chi connectivity index (χ3n) is 4.95. The molecular weight excluding hydrogens is 258 g/mol. The molecular formula is C19H23NO. The van der Waals surface area contributed by atoms with Crippen molar-refractivity contribution in [3.8, 4) is 0 Å². The lowest BCUT2D eigenvalue weighted by molar-refractivity contribution is 0.0815. The van der Waals surface area contributed by atoms with Gasteiger partial charge in [-0.2, -0.15) is 0 Å². The lowest BCUT2D eigenvalue weighted by Gasteiger charge is -2.29. The molecule has 1 aliphatic carbocycles. The molecule has 2 heteroatoms. The predicted octanol–water partition coefficient (Wildman–Crippen LogP) is 4.94. The van der Waals surface area contributed by atoms with Gasteiger partial charge in [-0.05, 0) is 43.4 Å². The zero-order valence-corrected chi connectivity index (χ0v) is 12.9. The van der Waals surface area contributed by atoms with E-state index in [1.165, 1.54) is 19.3 Å². The Labute approximate surface area is 126 Å². The van der Waals surface area contributed by atoms with Crippen molar-refractivity contribution < 1.29 is 4.79 Å². The Morgan fingerprint density at radius 1 is 1.24 bits per heavy atom. The molecule has 0 saturated heterocycles. The number of hydrogen-bond acceptors (Lipinski definition) is 2. The number of nitrogens with zero attached hydrogens (tertiary/aromatic N) is 1. The van der Waals surface area contributed by atoms with E-state index in [1.54, 1.807) is 0 Å². The van der Waals surface area contributed by atoms with Crippen molar-refractivity contribution in [3.63, 3.8) is 0 Å². The standard InChI is InChI=1S/C19H23NO/c1-3-14-8-4-5-10-16(14)19(21)18-12-13(2)15-9-6-7-11-17(15)20-18/h6-7,9,11-12,14,16H,3-5,8,10H2,1-2H3. The SMILES string of the molecule is CCC1CCCCC1C(=O)c1cc(C)c2ccccc2n1. The van der Waals surface area contributed by atoms with Gasteiger partial charge in [0.25, 0.3) is 0 Å². The van der Waals surface area contributed by atoms with Crippen molar-refractivity contribution in [1.29, 1.82) is 0 Å². The van der Waals surface area contributed by atoms with E-state index >= 15 is 0 Å². The average Bonchev–Trinajstić information content (AvgIpc) is 2.54. The molecule has 2 nitrogen and oxygen atoms in total. The van der Waals surface area contributed by atoms with Gasteiger partial charge in [0.1, 0.15) is 5.69 Å². The summed E-state index contributed by atoms with van der Waals surface area (Å²) >= 11 is 0. The molecule has 1 aromatic heterocycles. The van der Waals surface area contributed by atoms with Crippen LogP contribution in [0, 0.1) is 18.8 Å². The molecule has 1 aliphatic rings. The van der Waals surface area contributed by atoms with Gasteiger partial charge < -0.3 is 0 Å². The van der Waals surface area contributed by atoms with Crippen LogP contribution in [-0.4, -0.2) is 10.8 Å². The van der Waals surface area contributed by atoms with E-state index in [-0.39, 0.29) is 11.7 Å². The summed E-state index contributed by atoms with van der Waals surface area (Å²) in [4.78, 5) is 17.5. The molecule has 2 atom stereocenters. The third-order valence-corrected chi connectivity index (χ3v) is 4.95. The molecule has 1 saturated carbocycles. The molecule has 0 bridgehead atoms. The van der Waals surface area contributed by atoms with Gasteiger partial charge in [0.2, 0.25) is 0 Å². The number of carbonyl (C=O) groups excluding carboxylic acids is 1. The van der Waals surface area contributed by atoms with Crippen molar-refractivity contribution in [1.82, 2.24) is 4.98 Å². The van der Waals surface area contributed by atoms with E-state index in [1.807, 2.05) is 24.3 Å². The number of benzene rings is 1. The Balaban J connectivity index is 1.97. The van der Waals surface area contributed by atoms with Crippen molar-refractivity contribution in [3.05, 3.63) is 41.6 Å². The van der Waals surface area contributed by atoms with Gasteiger partial charge in [-0.25, -0.2) is 4.98 Å². The highest BCUT2D eigenvalue weighted by Crippen LogP contribution is 2.34. The molecule has 110 valence electrons. The van der Waals surface area contributed by atoms with E-state index in [0.717, 1.165) is 29.3 Å². The fourth-order valence-corrected chi connectivity index (χ4v) is 3.71. The Hall–Kier alpha value is -1.70.